The van der Waals surface area contributed by atoms with Gasteiger partial charge in [-0.15, -0.1) is 0 Å². The van der Waals surface area contributed by atoms with Gasteiger partial charge in [-0.1, -0.05) is 44.0 Å². The molecule has 0 N–H and O–H groups in total. The molecular formula is C22H23NO3. The molecule has 2 atom stereocenters. The summed E-state index contributed by atoms with van der Waals surface area (Å²) >= 11 is 0. The number of carbonyl (C=O) groups excluding carboxylic acids is 1. The van der Waals surface area contributed by atoms with Crippen LogP contribution in [-0.2, 0) is 9.53 Å². The van der Waals surface area contributed by atoms with E-state index in [0.29, 0.717) is 17.2 Å². The summed E-state index contributed by atoms with van der Waals surface area (Å²) < 4.78 is 11.1. The molecule has 0 radical (unpaired) electrons. The zero-order valence-electron chi connectivity index (χ0n) is 15.0. The van der Waals surface area contributed by atoms with Gasteiger partial charge >= 0.3 is 5.97 Å². The highest BCUT2D eigenvalue weighted by molar-refractivity contribution is 5.74. The monoisotopic (exact) mass is 349 g/mol. The zero-order chi connectivity index (χ0) is 18.4. The summed E-state index contributed by atoms with van der Waals surface area (Å²) in [4.78, 5) is 12.0. The summed E-state index contributed by atoms with van der Waals surface area (Å²) in [6.45, 7) is 2.17. The predicted octanol–water partition coefficient (Wildman–Crippen LogP) is 4.73. The van der Waals surface area contributed by atoms with Crippen molar-refractivity contribution >= 4 is 5.97 Å². The first kappa shape index (κ1) is 18.2. The highest BCUT2D eigenvalue weighted by Gasteiger charge is 2.22. The molecule has 1 fully saturated rings. The van der Waals surface area contributed by atoms with E-state index in [4.69, 9.17) is 14.7 Å². The topological polar surface area (TPSA) is 59.3 Å². The SMILES string of the molecule is CC1CCCCC1OCC(=O)Oc1ccc(-c2ccc(C#N)cc2)cc1. The van der Waals surface area contributed by atoms with Crippen LogP contribution in [0.1, 0.15) is 38.2 Å². The number of rotatable bonds is 5. The van der Waals surface area contributed by atoms with Crippen molar-refractivity contribution in [2.75, 3.05) is 6.61 Å². The van der Waals surface area contributed by atoms with Gasteiger partial charge in [0, 0.05) is 0 Å². The van der Waals surface area contributed by atoms with Crippen molar-refractivity contribution in [2.45, 2.75) is 38.7 Å². The molecule has 0 saturated heterocycles. The van der Waals surface area contributed by atoms with Crippen LogP contribution in [0.4, 0.5) is 0 Å². The molecule has 3 rings (SSSR count). The molecule has 0 heterocycles. The molecule has 1 aliphatic carbocycles. The summed E-state index contributed by atoms with van der Waals surface area (Å²) in [5.41, 5.74) is 2.64. The van der Waals surface area contributed by atoms with Gasteiger partial charge in [-0.25, -0.2) is 4.79 Å². The first-order valence-electron chi connectivity index (χ1n) is 9.08. The lowest BCUT2D eigenvalue weighted by Gasteiger charge is -2.28. The molecule has 4 heteroatoms. The Balaban J connectivity index is 1.53. The third-order valence-corrected chi connectivity index (χ3v) is 4.88. The van der Waals surface area contributed by atoms with E-state index in [1.807, 2.05) is 24.3 Å². The van der Waals surface area contributed by atoms with Crippen molar-refractivity contribution in [1.82, 2.24) is 0 Å². The molecule has 0 aliphatic heterocycles. The van der Waals surface area contributed by atoms with Crippen molar-refractivity contribution in [3.05, 3.63) is 54.1 Å². The normalized spacial score (nSPS) is 19.5. The van der Waals surface area contributed by atoms with E-state index in [1.165, 1.54) is 12.8 Å². The molecule has 1 saturated carbocycles. The lowest BCUT2D eigenvalue weighted by Crippen LogP contribution is -2.29. The Labute approximate surface area is 154 Å². The maximum Gasteiger partial charge on any atom is 0.337 e. The average Bonchev–Trinajstić information content (AvgIpc) is 2.68. The summed E-state index contributed by atoms with van der Waals surface area (Å²) in [7, 11) is 0. The van der Waals surface area contributed by atoms with Crippen LogP contribution in [0.3, 0.4) is 0 Å². The molecule has 4 nitrogen and oxygen atoms in total. The minimum Gasteiger partial charge on any atom is -0.425 e. The number of carbonyl (C=O) groups is 1. The number of ether oxygens (including phenoxy) is 2. The predicted molar refractivity (Wildman–Crippen MR) is 99.6 cm³/mol. The Kier molecular flexibility index (Phi) is 6.04. The molecular weight excluding hydrogens is 326 g/mol. The van der Waals surface area contributed by atoms with E-state index < -0.39 is 0 Å². The molecule has 2 unspecified atom stereocenters. The summed E-state index contributed by atoms with van der Waals surface area (Å²) in [5.74, 6) is 0.643. The first-order valence-corrected chi connectivity index (χ1v) is 9.08. The average molecular weight is 349 g/mol. The Morgan fingerprint density at radius 1 is 1.04 bits per heavy atom. The number of esters is 1. The molecule has 0 aromatic heterocycles. The van der Waals surface area contributed by atoms with Crippen molar-refractivity contribution in [1.29, 1.82) is 5.26 Å². The fourth-order valence-electron chi connectivity index (χ4n) is 3.32. The third kappa shape index (κ3) is 4.71. The van der Waals surface area contributed by atoms with E-state index in [1.54, 1.807) is 24.3 Å². The quantitative estimate of drug-likeness (QED) is 0.578. The molecule has 26 heavy (non-hydrogen) atoms. The van der Waals surface area contributed by atoms with Crippen molar-refractivity contribution in [3.8, 4) is 22.9 Å². The molecule has 0 amide bonds. The van der Waals surface area contributed by atoms with Crippen LogP contribution < -0.4 is 4.74 Å². The maximum absolute atomic E-state index is 12.0. The summed E-state index contributed by atoms with van der Waals surface area (Å²) in [5, 5.41) is 8.85. The van der Waals surface area contributed by atoms with Gasteiger partial charge in [0.15, 0.2) is 0 Å². The van der Waals surface area contributed by atoms with E-state index >= 15 is 0 Å². The Hall–Kier alpha value is -2.64. The van der Waals surface area contributed by atoms with Gasteiger partial charge in [-0.2, -0.15) is 5.26 Å². The lowest BCUT2D eigenvalue weighted by molar-refractivity contribution is -0.143. The molecule has 2 aromatic carbocycles. The zero-order valence-corrected chi connectivity index (χ0v) is 15.0. The molecule has 0 bridgehead atoms. The van der Waals surface area contributed by atoms with Crippen LogP contribution in [0.2, 0.25) is 0 Å². The fraction of sp³-hybridized carbons (Fsp3) is 0.364. The van der Waals surface area contributed by atoms with Crippen LogP contribution in [-0.4, -0.2) is 18.7 Å². The van der Waals surface area contributed by atoms with Gasteiger partial charge < -0.3 is 9.47 Å². The molecule has 134 valence electrons. The molecule has 1 aliphatic rings. The standard InChI is InChI=1S/C22H23NO3/c1-16-4-2-3-5-21(16)25-15-22(24)26-20-12-10-19(11-13-20)18-8-6-17(14-23)7-9-18/h6-13,16,21H,2-5,15H2,1H3. The van der Waals surface area contributed by atoms with Crippen LogP contribution >= 0.6 is 0 Å². The first-order chi connectivity index (χ1) is 12.7. The number of nitriles is 1. The molecule has 0 spiro atoms. The highest BCUT2D eigenvalue weighted by Crippen LogP contribution is 2.26. The smallest absolute Gasteiger partial charge is 0.337 e. The fourth-order valence-corrected chi connectivity index (χ4v) is 3.32. The van der Waals surface area contributed by atoms with E-state index in [-0.39, 0.29) is 18.7 Å². The van der Waals surface area contributed by atoms with Gasteiger partial charge in [0.05, 0.1) is 17.7 Å². The second kappa shape index (κ2) is 8.64. The van der Waals surface area contributed by atoms with Gasteiger partial charge in [0.1, 0.15) is 12.4 Å². The minimum atomic E-state index is -0.367. The Morgan fingerprint density at radius 3 is 2.27 bits per heavy atom. The van der Waals surface area contributed by atoms with Crippen molar-refractivity contribution < 1.29 is 14.3 Å². The van der Waals surface area contributed by atoms with Crippen LogP contribution in [0.5, 0.6) is 5.75 Å². The summed E-state index contributed by atoms with van der Waals surface area (Å²) in [6, 6.07) is 16.8. The number of nitrogens with zero attached hydrogens (tertiary/aromatic N) is 1. The van der Waals surface area contributed by atoms with Gasteiger partial charge in [0.2, 0.25) is 0 Å². The number of hydrogen-bond donors (Lipinski definition) is 0. The van der Waals surface area contributed by atoms with Crippen LogP contribution in [0.15, 0.2) is 48.5 Å². The minimum absolute atomic E-state index is 0.00756. The number of hydrogen-bond acceptors (Lipinski definition) is 4. The summed E-state index contributed by atoms with van der Waals surface area (Å²) in [6.07, 6.45) is 4.76. The van der Waals surface area contributed by atoms with Crippen LogP contribution in [0.25, 0.3) is 11.1 Å². The van der Waals surface area contributed by atoms with E-state index in [2.05, 4.69) is 13.0 Å². The largest absolute Gasteiger partial charge is 0.425 e. The second-order valence-corrected chi connectivity index (χ2v) is 6.80. The Bertz CT molecular complexity index is 775. The van der Waals surface area contributed by atoms with E-state index in [0.717, 1.165) is 24.0 Å². The van der Waals surface area contributed by atoms with Crippen LogP contribution in [0, 0.1) is 17.2 Å². The maximum atomic E-state index is 12.0. The highest BCUT2D eigenvalue weighted by atomic mass is 16.6. The lowest BCUT2D eigenvalue weighted by atomic mass is 9.88. The number of benzene rings is 2. The molecule has 2 aromatic rings. The van der Waals surface area contributed by atoms with Gasteiger partial charge in [-0.3, -0.25) is 0 Å². The van der Waals surface area contributed by atoms with E-state index in [9.17, 15) is 4.79 Å². The second-order valence-electron chi connectivity index (χ2n) is 6.80. The van der Waals surface area contributed by atoms with Gasteiger partial charge in [0.25, 0.3) is 0 Å². The van der Waals surface area contributed by atoms with Crippen molar-refractivity contribution in [3.63, 3.8) is 0 Å². The van der Waals surface area contributed by atoms with Gasteiger partial charge in [-0.05, 0) is 54.2 Å². The Morgan fingerprint density at radius 2 is 1.65 bits per heavy atom. The van der Waals surface area contributed by atoms with Crippen molar-refractivity contribution in [2.24, 2.45) is 5.92 Å². The third-order valence-electron chi connectivity index (χ3n) is 4.88.